The van der Waals surface area contributed by atoms with E-state index in [-0.39, 0.29) is 6.04 Å². The zero-order valence-corrected chi connectivity index (χ0v) is 9.11. The van der Waals surface area contributed by atoms with Crippen LogP contribution in [-0.2, 0) is 0 Å². The molecule has 3 heteroatoms. The molecular weight excluding hydrogens is 265 g/mol. The Morgan fingerprint density at radius 2 is 2.17 bits per heavy atom. The highest BCUT2D eigenvalue weighted by Gasteiger charge is 1.99. The third kappa shape index (κ3) is 2.98. The normalized spacial score (nSPS) is 12.6. The molecule has 0 heterocycles. The van der Waals surface area contributed by atoms with Gasteiger partial charge in [-0.3, -0.25) is 0 Å². The van der Waals surface area contributed by atoms with Crippen LogP contribution in [0.3, 0.4) is 0 Å². The number of rotatable bonds is 3. The van der Waals surface area contributed by atoms with Crippen molar-refractivity contribution in [1.29, 1.82) is 0 Å². The first kappa shape index (κ1) is 9.80. The van der Waals surface area contributed by atoms with E-state index in [2.05, 4.69) is 22.6 Å². The molecule has 2 nitrogen and oxygen atoms in total. The molecule has 66 valence electrons. The molecule has 12 heavy (non-hydrogen) atoms. The van der Waals surface area contributed by atoms with Gasteiger partial charge in [-0.25, -0.2) is 0 Å². The van der Waals surface area contributed by atoms with Gasteiger partial charge >= 0.3 is 0 Å². The molecule has 0 spiro atoms. The second kappa shape index (κ2) is 4.67. The molecule has 0 aliphatic heterocycles. The van der Waals surface area contributed by atoms with Gasteiger partial charge < -0.3 is 10.5 Å². The van der Waals surface area contributed by atoms with Gasteiger partial charge in [0, 0.05) is 6.04 Å². The van der Waals surface area contributed by atoms with Crippen molar-refractivity contribution in [3.63, 3.8) is 0 Å². The second-order valence-corrected chi connectivity index (χ2v) is 3.88. The summed E-state index contributed by atoms with van der Waals surface area (Å²) < 4.78 is 6.59. The maximum atomic E-state index is 5.56. The molecule has 0 radical (unpaired) electrons. The van der Waals surface area contributed by atoms with Crippen molar-refractivity contribution < 1.29 is 4.74 Å². The molecule has 1 rings (SSSR count). The number of benzene rings is 1. The second-order valence-electron chi connectivity index (χ2n) is 2.72. The zero-order chi connectivity index (χ0) is 8.97. The van der Waals surface area contributed by atoms with Crippen LogP contribution >= 0.6 is 22.6 Å². The van der Waals surface area contributed by atoms with Crippen molar-refractivity contribution in [2.75, 3.05) is 6.61 Å². The van der Waals surface area contributed by atoms with Gasteiger partial charge in [-0.05, 0) is 41.6 Å². The zero-order valence-electron chi connectivity index (χ0n) is 6.96. The van der Waals surface area contributed by atoms with Crippen LogP contribution in [-0.4, -0.2) is 12.6 Å². The third-order valence-electron chi connectivity index (χ3n) is 1.34. The van der Waals surface area contributed by atoms with Crippen LogP contribution in [0, 0.1) is 3.57 Å². The van der Waals surface area contributed by atoms with Gasteiger partial charge in [-0.1, -0.05) is 12.1 Å². The summed E-state index contributed by atoms with van der Waals surface area (Å²) in [5, 5.41) is 0. The lowest BCUT2D eigenvalue weighted by Gasteiger charge is -2.09. The highest BCUT2D eigenvalue weighted by atomic mass is 127. The molecule has 1 aromatic carbocycles. The molecule has 0 saturated carbocycles. The summed E-state index contributed by atoms with van der Waals surface area (Å²) in [6.45, 7) is 2.50. The van der Waals surface area contributed by atoms with E-state index in [9.17, 15) is 0 Å². The molecular formula is C9H12INO. The fourth-order valence-corrected chi connectivity index (χ4v) is 1.33. The first-order valence-corrected chi connectivity index (χ1v) is 4.91. The van der Waals surface area contributed by atoms with Gasteiger partial charge in [0.25, 0.3) is 0 Å². The van der Waals surface area contributed by atoms with E-state index < -0.39 is 0 Å². The van der Waals surface area contributed by atoms with Crippen molar-refractivity contribution >= 4 is 22.6 Å². The smallest absolute Gasteiger partial charge is 0.132 e. The van der Waals surface area contributed by atoms with E-state index in [0.717, 1.165) is 9.32 Å². The predicted octanol–water partition coefficient (Wildman–Crippen LogP) is 2.02. The highest BCUT2D eigenvalue weighted by molar-refractivity contribution is 14.1. The van der Waals surface area contributed by atoms with E-state index >= 15 is 0 Å². The molecule has 0 aliphatic carbocycles. The van der Waals surface area contributed by atoms with Crippen LogP contribution < -0.4 is 10.5 Å². The number of hydrogen-bond donors (Lipinski definition) is 1. The first-order valence-electron chi connectivity index (χ1n) is 3.83. The summed E-state index contributed by atoms with van der Waals surface area (Å²) in [5.41, 5.74) is 5.56. The highest BCUT2D eigenvalue weighted by Crippen LogP contribution is 2.19. The van der Waals surface area contributed by atoms with Gasteiger partial charge in [0.15, 0.2) is 0 Å². The predicted molar refractivity (Wildman–Crippen MR) is 58.3 cm³/mol. The van der Waals surface area contributed by atoms with Gasteiger partial charge in [0.1, 0.15) is 12.4 Å². The number of ether oxygens (including phenoxy) is 1. The number of para-hydroxylation sites is 1. The summed E-state index contributed by atoms with van der Waals surface area (Å²) in [7, 11) is 0. The Morgan fingerprint density at radius 1 is 1.50 bits per heavy atom. The van der Waals surface area contributed by atoms with E-state index in [4.69, 9.17) is 10.5 Å². The van der Waals surface area contributed by atoms with E-state index in [1.54, 1.807) is 0 Å². The van der Waals surface area contributed by atoms with Crippen molar-refractivity contribution in [2.24, 2.45) is 5.73 Å². The molecule has 1 aromatic rings. The molecule has 0 fully saturated rings. The molecule has 1 atom stereocenters. The molecule has 0 aromatic heterocycles. The van der Waals surface area contributed by atoms with Crippen LogP contribution in [0.5, 0.6) is 5.75 Å². The Morgan fingerprint density at radius 3 is 2.75 bits per heavy atom. The summed E-state index contributed by atoms with van der Waals surface area (Å²) in [6.07, 6.45) is 0. The maximum Gasteiger partial charge on any atom is 0.132 e. The minimum atomic E-state index is 0.0843. The molecule has 0 saturated heterocycles. The Hall–Kier alpha value is -0.290. The van der Waals surface area contributed by atoms with Crippen molar-refractivity contribution in [2.45, 2.75) is 13.0 Å². The number of hydrogen-bond acceptors (Lipinski definition) is 2. The summed E-state index contributed by atoms with van der Waals surface area (Å²) in [4.78, 5) is 0. The largest absolute Gasteiger partial charge is 0.491 e. The molecule has 0 bridgehead atoms. The lowest BCUT2D eigenvalue weighted by molar-refractivity contribution is 0.294. The van der Waals surface area contributed by atoms with Gasteiger partial charge in [-0.15, -0.1) is 0 Å². The fraction of sp³-hybridized carbons (Fsp3) is 0.333. The SMILES string of the molecule is C[C@H](N)COc1ccccc1I. The minimum absolute atomic E-state index is 0.0843. The molecule has 2 N–H and O–H groups in total. The van der Waals surface area contributed by atoms with Gasteiger partial charge in [-0.2, -0.15) is 0 Å². The molecule has 0 amide bonds. The van der Waals surface area contributed by atoms with Crippen LogP contribution in [0.4, 0.5) is 0 Å². The molecule has 0 unspecified atom stereocenters. The minimum Gasteiger partial charge on any atom is -0.491 e. The Kier molecular flexibility index (Phi) is 3.81. The third-order valence-corrected chi connectivity index (χ3v) is 2.23. The van der Waals surface area contributed by atoms with Crippen molar-refractivity contribution in [3.05, 3.63) is 27.8 Å². The summed E-state index contributed by atoms with van der Waals surface area (Å²) in [6, 6.07) is 7.99. The van der Waals surface area contributed by atoms with Gasteiger partial charge in [0.2, 0.25) is 0 Å². The topological polar surface area (TPSA) is 35.2 Å². The average Bonchev–Trinajstić information content (AvgIpc) is 2.03. The van der Waals surface area contributed by atoms with Crippen LogP contribution in [0.1, 0.15) is 6.92 Å². The summed E-state index contributed by atoms with van der Waals surface area (Å²) in [5.74, 6) is 0.912. The van der Waals surface area contributed by atoms with E-state index in [0.29, 0.717) is 6.61 Å². The fourth-order valence-electron chi connectivity index (χ4n) is 0.783. The monoisotopic (exact) mass is 277 g/mol. The number of halogens is 1. The van der Waals surface area contributed by atoms with Crippen LogP contribution in [0.2, 0.25) is 0 Å². The van der Waals surface area contributed by atoms with E-state index in [1.165, 1.54) is 0 Å². The Labute approximate surface area is 86.2 Å². The number of nitrogens with two attached hydrogens (primary N) is 1. The lowest BCUT2D eigenvalue weighted by Crippen LogP contribution is -2.23. The maximum absolute atomic E-state index is 5.56. The average molecular weight is 277 g/mol. The Balaban J connectivity index is 2.57. The quantitative estimate of drug-likeness (QED) is 0.858. The van der Waals surface area contributed by atoms with Crippen molar-refractivity contribution in [3.8, 4) is 5.75 Å². The van der Waals surface area contributed by atoms with E-state index in [1.807, 2.05) is 31.2 Å². The summed E-state index contributed by atoms with van der Waals surface area (Å²) >= 11 is 2.24. The van der Waals surface area contributed by atoms with Crippen LogP contribution in [0.25, 0.3) is 0 Å². The molecule has 0 aliphatic rings. The van der Waals surface area contributed by atoms with Gasteiger partial charge in [0.05, 0.1) is 3.57 Å². The van der Waals surface area contributed by atoms with Crippen LogP contribution in [0.15, 0.2) is 24.3 Å². The standard InChI is InChI=1S/C9H12INO/c1-7(11)6-12-9-5-3-2-4-8(9)10/h2-5,7H,6,11H2,1H3/t7-/m0/s1. The first-order chi connectivity index (χ1) is 5.70. The van der Waals surface area contributed by atoms with Crippen molar-refractivity contribution in [1.82, 2.24) is 0 Å². The lowest BCUT2D eigenvalue weighted by atomic mass is 10.3. The Bertz CT molecular complexity index is 250.